The first kappa shape index (κ1) is 16.0. The Morgan fingerprint density at radius 3 is 2.54 bits per heavy atom. The maximum Gasteiger partial charge on any atom is 0.286 e. The van der Waals surface area contributed by atoms with Crippen LogP contribution >= 0.6 is 11.6 Å². The Morgan fingerprint density at radius 2 is 1.79 bits per heavy atom. The van der Waals surface area contributed by atoms with E-state index in [9.17, 15) is 9.59 Å². The van der Waals surface area contributed by atoms with E-state index in [4.69, 9.17) is 17.3 Å². The lowest BCUT2D eigenvalue weighted by Gasteiger charge is -2.12. The third-order valence-electron chi connectivity index (χ3n) is 3.57. The lowest BCUT2D eigenvalue weighted by molar-refractivity contribution is -0.123. The molecule has 1 aromatic heterocycles. The quantitative estimate of drug-likeness (QED) is 0.549. The van der Waals surface area contributed by atoms with Gasteiger partial charge in [-0.3, -0.25) is 20.4 Å². The first-order chi connectivity index (χ1) is 11.5. The number of hydrogen-bond acceptors (Lipinski definition) is 3. The van der Waals surface area contributed by atoms with Crippen LogP contribution in [0.15, 0.2) is 54.6 Å². The third kappa shape index (κ3) is 3.40. The van der Waals surface area contributed by atoms with Crippen molar-refractivity contribution in [1.82, 2.24) is 15.8 Å². The van der Waals surface area contributed by atoms with Crippen molar-refractivity contribution in [3.05, 3.63) is 70.9 Å². The molecule has 3 rings (SSSR count). The standard InChI is InChI=1S/C17H15ClN4O2/c18-12-6-7-13-11(8-12)9-14(20-13)16(23)21-22-17(24)15(19)10-4-2-1-3-5-10/h1-9,15,20H,19H2,(H,21,23)(H,22,24)/t15-/m0/s1. The van der Waals surface area contributed by atoms with Gasteiger partial charge in [0.15, 0.2) is 0 Å². The molecule has 122 valence electrons. The van der Waals surface area contributed by atoms with Gasteiger partial charge in [0, 0.05) is 15.9 Å². The average molecular weight is 343 g/mol. The average Bonchev–Trinajstić information content (AvgIpc) is 3.02. The second kappa shape index (κ2) is 6.74. The molecule has 5 N–H and O–H groups in total. The maximum absolute atomic E-state index is 12.1. The van der Waals surface area contributed by atoms with Gasteiger partial charge in [0.2, 0.25) is 0 Å². The summed E-state index contributed by atoms with van der Waals surface area (Å²) < 4.78 is 0. The topological polar surface area (TPSA) is 100 Å². The van der Waals surface area contributed by atoms with Crippen LogP contribution in [0.1, 0.15) is 22.1 Å². The Kier molecular flexibility index (Phi) is 4.50. The van der Waals surface area contributed by atoms with Gasteiger partial charge in [-0.1, -0.05) is 41.9 Å². The number of carbonyl (C=O) groups excluding carboxylic acids is 2. The predicted octanol–water partition coefficient (Wildman–Crippen LogP) is 2.28. The van der Waals surface area contributed by atoms with Crippen molar-refractivity contribution in [3.63, 3.8) is 0 Å². The van der Waals surface area contributed by atoms with Gasteiger partial charge in [0.25, 0.3) is 11.8 Å². The zero-order chi connectivity index (χ0) is 17.1. The Balaban J connectivity index is 1.65. The number of nitrogens with two attached hydrogens (primary N) is 1. The summed E-state index contributed by atoms with van der Waals surface area (Å²) in [6.45, 7) is 0. The summed E-state index contributed by atoms with van der Waals surface area (Å²) in [5, 5.41) is 1.38. The molecule has 7 heteroatoms. The number of benzene rings is 2. The number of hydrogen-bond donors (Lipinski definition) is 4. The van der Waals surface area contributed by atoms with E-state index < -0.39 is 17.9 Å². The smallest absolute Gasteiger partial charge is 0.286 e. The Morgan fingerprint density at radius 1 is 1.04 bits per heavy atom. The van der Waals surface area contributed by atoms with E-state index >= 15 is 0 Å². The molecule has 2 amide bonds. The van der Waals surface area contributed by atoms with Gasteiger partial charge in [-0.15, -0.1) is 0 Å². The minimum absolute atomic E-state index is 0.306. The fourth-order valence-corrected chi connectivity index (χ4v) is 2.48. The molecular formula is C17H15ClN4O2. The molecule has 2 aromatic carbocycles. The lowest BCUT2D eigenvalue weighted by Crippen LogP contribution is -2.45. The van der Waals surface area contributed by atoms with E-state index in [1.54, 1.807) is 48.5 Å². The molecule has 6 nitrogen and oxygen atoms in total. The summed E-state index contributed by atoms with van der Waals surface area (Å²) in [4.78, 5) is 27.1. The van der Waals surface area contributed by atoms with Gasteiger partial charge in [-0.2, -0.15) is 0 Å². The number of fused-ring (bicyclic) bond motifs is 1. The number of hydrazine groups is 1. The van der Waals surface area contributed by atoms with Crippen LogP contribution in [0.2, 0.25) is 5.02 Å². The maximum atomic E-state index is 12.1. The van der Waals surface area contributed by atoms with E-state index in [1.165, 1.54) is 0 Å². The third-order valence-corrected chi connectivity index (χ3v) is 3.80. The molecule has 0 saturated heterocycles. The highest BCUT2D eigenvalue weighted by atomic mass is 35.5. The number of halogens is 1. The van der Waals surface area contributed by atoms with Gasteiger partial charge in [0.05, 0.1) is 0 Å². The van der Waals surface area contributed by atoms with Crippen LogP contribution in [0, 0.1) is 0 Å². The monoisotopic (exact) mass is 342 g/mol. The molecule has 0 aliphatic carbocycles. The highest BCUT2D eigenvalue weighted by molar-refractivity contribution is 6.31. The van der Waals surface area contributed by atoms with Crippen molar-refractivity contribution in [2.45, 2.75) is 6.04 Å². The van der Waals surface area contributed by atoms with Gasteiger partial charge in [-0.25, -0.2) is 0 Å². The highest BCUT2D eigenvalue weighted by Gasteiger charge is 2.17. The van der Waals surface area contributed by atoms with Gasteiger partial charge >= 0.3 is 0 Å². The second-order valence-corrected chi connectivity index (χ2v) is 5.68. The largest absolute Gasteiger partial charge is 0.350 e. The molecule has 0 fully saturated rings. The molecule has 0 spiro atoms. The minimum Gasteiger partial charge on any atom is -0.350 e. The summed E-state index contributed by atoms with van der Waals surface area (Å²) >= 11 is 5.92. The number of aromatic nitrogens is 1. The molecule has 0 bridgehead atoms. The first-order valence-corrected chi connectivity index (χ1v) is 7.61. The first-order valence-electron chi connectivity index (χ1n) is 7.23. The van der Waals surface area contributed by atoms with Crippen molar-refractivity contribution in [3.8, 4) is 0 Å². The number of nitrogens with one attached hydrogen (secondary N) is 3. The number of amides is 2. The van der Waals surface area contributed by atoms with Crippen LogP contribution in [-0.4, -0.2) is 16.8 Å². The zero-order valence-corrected chi connectivity index (χ0v) is 13.3. The van der Waals surface area contributed by atoms with Crippen LogP contribution < -0.4 is 16.6 Å². The molecule has 0 saturated carbocycles. The van der Waals surface area contributed by atoms with E-state index in [-0.39, 0.29) is 0 Å². The van der Waals surface area contributed by atoms with Crippen LogP contribution in [0.4, 0.5) is 0 Å². The Bertz CT molecular complexity index is 892. The summed E-state index contributed by atoms with van der Waals surface area (Å²) in [7, 11) is 0. The van der Waals surface area contributed by atoms with Crippen molar-refractivity contribution in [1.29, 1.82) is 0 Å². The summed E-state index contributed by atoms with van der Waals surface area (Å²) in [5.74, 6) is -0.982. The molecule has 0 aliphatic heterocycles. The Labute approximate surface area is 143 Å². The molecular weight excluding hydrogens is 328 g/mol. The van der Waals surface area contributed by atoms with Crippen molar-refractivity contribution >= 4 is 34.3 Å². The van der Waals surface area contributed by atoms with Crippen molar-refractivity contribution in [2.24, 2.45) is 5.73 Å². The van der Waals surface area contributed by atoms with E-state index in [2.05, 4.69) is 15.8 Å². The number of carbonyl (C=O) groups is 2. The fraction of sp³-hybridized carbons (Fsp3) is 0.0588. The van der Waals surface area contributed by atoms with Crippen LogP contribution in [-0.2, 0) is 4.79 Å². The molecule has 0 aliphatic rings. The number of rotatable bonds is 3. The van der Waals surface area contributed by atoms with E-state index in [0.29, 0.717) is 16.3 Å². The summed E-state index contributed by atoms with van der Waals surface area (Å²) in [6, 6.07) is 14.9. The van der Waals surface area contributed by atoms with Crippen molar-refractivity contribution < 1.29 is 9.59 Å². The molecule has 24 heavy (non-hydrogen) atoms. The normalized spacial score (nSPS) is 11.9. The second-order valence-electron chi connectivity index (χ2n) is 5.25. The van der Waals surface area contributed by atoms with E-state index in [1.807, 2.05) is 6.07 Å². The molecule has 0 radical (unpaired) electrons. The van der Waals surface area contributed by atoms with E-state index in [0.717, 1.165) is 10.9 Å². The summed E-state index contributed by atoms with van der Waals surface area (Å²) in [5.41, 5.74) is 12.3. The Hall–Kier alpha value is -2.83. The molecule has 3 aromatic rings. The highest BCUT2D eigenvalue weighted by Crippen LogP contribution is 2.20. The number of H-pyrrole nitrogens is 1. The predicted molar refractivity (Wildman–Crippen MR) is 92.3 cm³/mol. The van der Waals surface area contributed by atoms with Gasteiger partial charge in [0.1, 0.15) is 11.7 Å². The van der Waals surface area contributed by atoms with Gasteiger partial charge in [-0.05, 0) is 29.8 Å². The number of aromatic amines is 1. The zero-order valence-electron chi connectivity index (χ0n) is 12.5. The van der Waals surface area contributed by atoms with Crippen LogP contribution in [0.25, 0.3) is 10.9 Å². The summed E-state index contributed by atoms with van der Waals surface area (Å²) in [6.07, 6.45) is 0. The lowest BCUT2D eigenvalue weighted by atomic mass is 10.1. The SMILES string of the molecule is N[C@H](C(=O)NNC(=O)c1cc2cc(Cl)ccc2[nH]1)c1ccccc1. The molecule has 0 unspecified atom stereocenters. The minimum atomic E-state index is -0.868. The van der Waals surface area contributed by atoms with Crippen molar-refractivity contribution in [2.75, 3.05) is 0 Å². The fourth-order valence-electron chi connectivity index (χ4n) is 2.30. The van der Waals surface area contributed by atoms with Gasteiger partial charge < -0.3 is 10.7 Å². The molecule has 1 heterocycles. The van der Waals surface area contributed by atoms with Crippen LogP contribution in [0.3, 0.4) is 0 Å². The van der Waals surface area contributed by atoms with Crippen LogP contribution in [0.5, 0.6) is 0 Å². The molecule has 1 atom stereocenters.